The fourth-order valence-corrected chi connectivity index (χ4v) is 12.0. The van der Waals surface area contributed by atoms with E-state index in [2.05, 4.69) is 10.6 Å². The summed E-state index contributed by atoms with van der Waals surface area (Å²) in [7, 11) is 1.43. The quantitative estimate of drug-likeness (QED) is 0.271. The van der Waals surface area contributed by atoms with Gasteiger partial charge >= 0.3 is 11.9 Å². The highest BCUT2D eigenvalue weighted by molar-refractivity contribution is 6.02. The van der Waals surface area contributed by atoms with E-state index in [-0.39, 0.29) is 66.1 Å². The Kier molecular flexibility index (Phi) is 11.0. The van der Waals surface area contributed by atoms with Gasteiger partial charge in [-0.3, -0.25) is 28.8 Å². The lowest BCUT2D eigenvalue weighted by molar-refractivity contribution is -0.230. The predicted octanol–water partition coefficient (Wildman–Crippen LogP) is 4.43. The van der Waals surface area contributed by atoms with Gasteiger partial charge in [-0.1, -0.05) is 25.5 Å². The summed E-state index contributed by atoms with van der Waals surface area (Å²) in [5.74, 6) is -5.81. The highest BCUT2D eigenvalue weighted by Crippen LogP contribution is 2.71. The molecule has 5 aliphatic carbocycles. The fraction of sp³-hybridized carbons (Fsp3) is 0.609. The molecule has 9 atom stereocenters. The number of methoxy groups -OCH3 is 1. The lowest BCUT2D eigenvalue weighted by Crippen LogP contribution is -2.70. The summed E-state index contributed by atoms with van der Waals surface area (Å²) in [5, 5.41) is 18.3. The van der Waals surface area contributed by atoms with Crippen molar-refractivity contribution < 1.29 is 52.1 Å². The van der Waals surface area contributed by atoms with E-state index in [1.807, 2.05) is 11.8 Å². The van der Waals surface area contributed by atoms with Gasteiger partial charge in [0.25, 0.3) is 5.91 Å². The topological polar surface area (TPSA) is 183 Å². The van der Waals surface area contributed by atoms with Gasteiger partial charge in [-0.25, -0.2) is 8.78 Å². The zero-order valence-corrected chi connectivity index (χ0v) is 36.1. The van der Waals surface area contributed by atoms with Crippen molar-refractivity contribution >= 4 is 46.0 Å². The van der Waals surface area contributed by atoms with E-state index in [0.717, 1.165) is 25.8 Å². The van der Waals surface area contributed by atoms with Gasteiger partial charge in [-0.2, -0.15) is 0 Å². The van der Waals surface area contributed by atoms with E-state index in [9.17, 15) is 33.9 Å². The smallest absolute Gasteiger partial charge is 0.307 e. The number of carbonyl (C=O) groups excluding carboxylic acids is 5. The number of benzene rings is 1. The first-order valence-corrected chi connectivity index (χ1v) is 21.7. The van der Waals surface area contributed by atoms with Crippen molar-refractivity contribution in [3.8, 4) is 5.75 Å². The predicted molar refractivity (Wildman–Crippen MR) is 223 cm³/mol. The third-order valence-electron chi connectivity index (χ3n) is 15.2. The lowest BCUT2D eigenvalue weighted by Gasteiger charge is -2.63. The van der Waals surface area contributed by atoms with Gasteiger partial charge in [0.05, 0.1) is 24.4 Å². The third-order valence-corrected chi connectivity index (χ3v) is 15.2. The molecule has 4 saturated carbocycles. The summed E-state index contributed by atoms with van der Waals surface area (Å²) < 4.78 is 53.3. The number of amides is 1. The van der Waals surface area contributed by atoms with Gasteiger partial charge < -0.3 is 39.4 Å². The monoisotopic (exact) mass is 862 g/mol. The number of alkyl halides is 1. The Morgan fingerprint density at radius 1 is 1.10 bits per heavy atom. The van der Waals surface area contributed by atoms with Crippen LogP contribution in [0.25, 0.3) is 10.9 Å². The molecule has 1 saturated heterocycles. The molecule has 1 aromatic heterocycles. The first-order chi connectivity index (χ1) is 29.3. The van der Waals surface area contributed by atoms with Gasteiger partial charge in [0.2, 0.25) is 11.2 Å². The maximum absolute atomic E-state index is 18.6. The Balaban J connectivity index is 1.06. The SMILES string of the molecule is COc1c(N2CCNC(C)C2)c(F)cc2c(=O)c(C(=O)NCCC(=O)OC3CC4(C)C(CC(C)C4(O)C(=O)COC(C)=O)C4CCC5=CC(=O)C=CC5(C)C34F)cn(C3CC3)c12. The number of allylic oxidation sites excluding steroid dienone is 4. The number of halogens is 2. The number of pyridine rings is 1. The molecule has 0 bridgehead atoms. The van der Waals surface area contributed by atoms with E-state index in [1.165, 1.54) is 31.5 Å². The van der Waals surface area contributed by atoms with Gasteiger partial charge in [0.1, 0.15) is 23.0 Å². The largest absolute Gasteiger partial charge is 0.492 e. The van der Waals surface area contributed by atoms with Crippen LogP contribution in [0.1, 0.15) is 96.0 Å². The molecular weight excluding hydrogens is 807 g/mol. The number of aromatic nitrogens is 1. The molecule has 1 aromatic carbocycles. The standard InChI is InChI=1S/C46H56F2N4O10/c1-24-17-33-32-10-7-27-18-29(54)11-13-43(27,4)45(32,48)36(20-44(33,5)46(24,59)35(55)23-61-26(3)53)62-37(56)12-14-50-42(58)31-22-52(28-8-9-28)38-30(40(31)57)19-34(47)39(41(38)60-6)51-16-15-49-25(2)21-51/h11,13,18-19,22,24-25,28,32-33,36,49,59H,7-10,12,14-17,20-21,23H2,1-6H3,(H,50,58). The summed E-state index contributed by atoms with van der Waals surface area (Å²) in [6.07, 6.45) is 6.02. The summed E-state index contributed by atoms with van der Waals surface area (Å²) >= 11 is 0. The molecule has 1 aliphatic heterocycles. The molecule has 0 spiro atoms. The van der Waals surface area contributed by atoms with E-state index in [1.54, 1.807) is 25.3 Å². The van der Waals surface area contributed by atoms with Crippen LogP contribution in [0.2, 0.25) is 0 Å². The van der Waals surface area contributed by atoms with Crippen molar-refractivity contribution in [3.05, 3.63) is 57.7 Å². The molecule has 334 valence electrons. The van der Waals surface area contributed by atoms with Gasteiger partial charge in [0, 0.05) is 68.1 Å². The second-order valence-electron chi connectivity index (χ2n) is 18.8. The molecule has 5 fully saturated rings. The second-order valence-corrected chi connectivity index (χ2v) is 18.8. The van der Waals surface area contributed by atoms with Crippen LogP contribution in [0.15, 0.2) is 40.9 Å². The minimum atomic E-state index is -2.26. The molecule has 1 amide bonds. The zero-order chi connectivity index (χ0) is 44.7. The van der Waals surface area contributed by atoms with Crippen molar-refractivity contribution in [1.82, 2.24) is 15.2 Å². The Morgan fingerprint density at radius 3 is 2.52 bits per heavy atom. The Bertz CT molecular complexity index is 2380. The lowest BCUT2D eigenvalue weighted by atomic mass is 9.44. The second kappa shape index (κ2) is 15.7. The van der Waals surface area contributed by atoms with Crippen molar-refractivity contribution in [2.75, 3.05) is 44.8 Å². The van der Waals surface area contributed by atoms with Gasteiger partial charge in [-0.15, -0.1) is 0 Å². The van der Waals surface area contributed by atoms with Crippen LogP contribution in [0, 0.1) is 34.4 Å². The van der Waals surface area contributed by atoms with Crippen LogP contribution in [-0.2, 0) is 28.7 Å². The van der Waals surface area contributed by atoms with Crippen molar-refractivity contribution in [1.29, 1.82) is 0 Å². The highest BCUT2D eigenvalue weighted by Gasteiger charge is 2.76. The van der Waals surface area contributed by atoms with Crippen LogP contribution in [0.5, 0.6) is 5.75 Å². The van der Waals surface area contributed by atoms with Crippen LogP contribution in [-0.4, -0.2) is 102 Å². The number of nitrogens with zero attached hydrogens (tertiary/aromatic N) is 2. The third kappa shape index (κ3) is 6.69. The first kappa shape index (κ1) is 43.7. The average molecular weight is 863 g/mol. The van der Waals surface area contributed by atoms with Crippen LogP contribution in [0.3, 0.4) is 0 Å². The summed E-state index contributed by atoms with van der Waals surface area (Å²) in [6, 6.07) is 1.21. The van der Waals surface area contributed by atoms with Crippen LogP contribution < -0.4 is 25.7 Å². The normalized spacial score (nSPS) is 33.8. The Hall–Kier alpha value is -4.96. The van der Waals surface area contributed by atoms with Gasteiger partial charge in [0.15, 0.2) is 29.6 Å². The van der Waals surface area contributed by atoms with Crippen LogP contribution in [0.4, 0.5) is 14.5 Å². The number of hydrogen-bond donors (Lipinski definition) is 3. The van der Waals surface area contributed by atoms with E-state index in [0.29, 0.717) is 37.1 Å². The number of anilines is 1. The fourth-order valence-electron chi connectivity index (χ4n) is 12.0. The number of esters is 2. The van der Waals surface area contributed by atoms with Crippen LogP contribution >= 0.6 is 0 Å². The van der Waals surface area contributed by atoms with Crippen molar-refractivity contribution in [2.45, 2.75) is 109 Å². The minimum absolute atomic E-state index is 0.0162. The van der Waals surface area contributed by atoms with Crippen molar-refractivity contribution in [2.24, 2.45) is 28.6 Å². The number of Topliss-reactive ketones (excluding diaryl/α,β-unsaturated/α-hetero) is 1. The molecule has 2 aromatic rings. The number of ketones is 2. The summed E-state index contributed by atoms with van der Waals surface area (Å²) in [5.41, 5.74) is -6.73. The molecule has 6 aliphatic rings. The number of fused-ring (bicyclic) bond motifs is 6. The van der Waals surface area contributed by atoms with E-state index < -0.39 is 93.9 Å². The zero-order valence-electron chi connectivity index (χ0n) is 36.1. The number of aliphatic hydroxyl groups is 1. The Morgan fingerprint density at radius 2 is 1.84 bits per heavy atom. The number of nitrogens with one attached hydrogen (secondary N) is 2. The molecule has 8 rings (SSSR count). The molecule has 0 radical (unpaired) electrons. The highest BCUT2D eigenvalue weighted by atomic mass is 19.1. The van der Waals surface area contributed by atoms with Gasteiger partial charge in [-0.05, 0) is 82.4 Å². The number of rotatable bonds is 11. The average Bonchev–Trinajstić information content (AvgIpc) is 4.04. The summed E-state index contributed by atoms with van der Waals surface area (Å²) in [4.78, 5) is 81.4. The number of ether oxygens (including phenoxy) is 3. The Labute approximate surface area is 358 Å². The van der Waals surface area contributed by atoms with E-state index in [4.69, 9.17) is 14.2 Å². The number of hydrogen-bond acceptors (Lipinski definition) is 12. The molecule has 14 nitrogen and oxygen atoms in total. The molecular formula is C46H56F2N4O10. The van der Waals surface area contributed by atoms with E-state index >= 15 is 8.78 Å². The van der Waals surface area contributed by atoms with Crippen molar-refractivity contribution in [3.63, 3.8) is 0 Å². The maximum atomic E-state index is 18.6. The number of carbonyl (C=O) groups is 5. The molecule has 3 N–H and O–H groups in total. The molecule has 62 heavy (non-hydrogen) atoms. The summed E-state index contributed by atoms with van der Waals surface area (Å²) in [6.45, 7) is 8.96. The molecule has 2 heterocycles. The minimum Gasteiger partial charge on any atom is -0.492 e. The molecule has 9 unspecified atom stereocenters. The first-order valence-electron chi connectivity index (χ1n) is 21.7. The maximum Gasteiger partial charge on any atom is 0.307 e. The number of piperazine rings is 1. The molecule has 16 heteroatoms.